The first-order valence-electron chi connectivity index (χ1n) is 6.09. The minimum Gasteiger partial charge on any atom is -0.313 e. The van der Waals surface area contributed by atoms with Gasteiger partial charge in [0.15, 0.2) is 0 Å². The zero-order chi connectivity index (χ0) is 11.4. The van der Waals surface area contributed by atoms with E-state index in [2.05, 4.69) is 27.5 Å². The molecular formula is C11H21N5. The van der Waals surface area contributed by atoms with E-state index in [0.717, 1.165) is 25.3 Å². The van der Waals surface area contributed by atoms with E-state index < -0.39 is 0 Å². The van der Waals surface area contributed by atoms with Gasteiger partial charge >= 0.3 is 0 Å². The molecule has 1 N–H and O–H groups in total. The Balaban J connectivity index is 1.84. The van der Waals surface area contributed by atoms with Crippen LogP contribution in [0.5, 0.6) is 0 Å². The van der Waals surface area contributed by atoms with Crippen molar-refractivity contribution in [1.82, 2.24) is 25.2 Å². The summed E-state index contributed by atoms with van der Waals surface area (Å²) in [5, 5.41) is 11.6. The van der Waals surface area contributed by atoms with Gasteiger partial charge in [0.1, 0.15) is 0 Å². The molecule has 0 spiro atoms. The van der Waals surface area contributed by atoms with Crippen LogP contribution in [0.15, 0.2) is 6.20 Å². The maximum absolute atomic E-state index is 4.13. The maximum Gasteiger partial charge on any atom is 0.0967 e. The SMILES string of the molecule is CCN(Cc1cn(C)nn1)CC1CCCN1. The van der Waals surface area contributed by atoms with E-state index in [1.54, 1.807) is 4.68 Å². The Hall–Kier alpha value is -0.940. The van der Waals surface area contributed by atoms with E-state index in [4.69, 9.17) is 0 Å². The highest BCUT2D eigenvalue weighted by Crippen LogP contribution is 2.08. The second-order valence-corrected chi connectivity index (χ2v) is 4.50. The van der Waals surface area contributed by atoms with Gasteiger partial charge in [-0.1, -0.05) is 12.1 Å². The molecule has 1 aromatic rings. The Morgan fingerprint density at radius 1 is 1.62 bits per heavy atom. The molecule has 1 saturated heterocycles. The number of nitrogens with one attached hydrogen (secondary N) is 1. The van der Waals surface area contributed by atoms with Gasteiger partial charge in [-0.3, -0.25) is 9.58 Å². The average molecular weight is 223 g/mol. The maximum atomic E-state index is 4.13. The molecule has 5 nitrogen and oxygen atoms in total. The average Bonchev–Trinajstić information content (AvgIpc) is 2.89. The Morgan fingerprint density at radius 3 is 3.06 bits per heavy atom. The minimum absolute atomic E-state index is 0.664. The Kier molecular flexibility index (Phi) is 3.90. The monoisotopic (exact) mass is 223 g/mol. The normalized spacial score (nSPS) is 20.8. The first-order chi connectivity index (χ1) is 7.78. The summed E-state index contributed by atoms with van der Waals surface area (Å²) in [5.74, 6) is 0. The largest absolute Gasteiger partial charge is 0.313 e. The van der Waals surface area contributed by atoms with Crippen LogP contribution in [-0.4, -0.2) is 45.6 Å². The number of rotatable bonds is 5. The summed E-state index contributed by atoms with van der Waals surface area (Å²) in [7, 11) is 1.91. The third kappa shape index (κ3) is 3.02. The molecule has 0 amide bonds. The third-order valence-corrected chi connectivity index (χ3v) is 3.12. The molecule has 1 aliphatic rings. The van der Waals surface area contributed by atoms with E-state index in [0.29, 0.717) is 6.04 Å². The van der Waals surface area contributed by atoms with Crippen molar-refractivity contribution in [1.29, 1.82) is 0 Å². The Bertz CT molecular complexity index is 316. The third-order valence-electron chi connectivity index (χ3n) is 3.12. The second kappa shape index (κ2) is 5.41. The first-order valence-corrected chi connectivity index (χ1v) is 6.09. The van der Waals surface area contributed by atoms with Crippen LogP contribution in [0.25, 0.3) is 0 Å². The second-order valence-electron chi connectivity index (χ2n) is 4.50. The summed E-state index contributed by atoms with van der Waals surface area (Å²) in [4.78, 5) is 2.42. The first kappa shape index (κ1) is 11.5. The lowest BCUT2D eigenvalue weighted by atomic mass is 10.2. The van der Waals surface area contributed by atoms with Crippen molar-refractivity contribution in [3.8, 4) is 0 Å². The fourth-order valence-electron chi connectivity index (χ4n) is 2.23. The highest BCUT2D eigenvalue weighted by atomic mass is 15.4. The fourth-order valence-corrected chi connectivity index (χ4v) is 2.23. The van der Waals surface area contributed by atoms with Crippen molar-refractivity contribution in [3.63, 3.8) is 0 Å². The number of nitrogens with zero attached hydrogens (tertiary/aromatic N) is 4. The zero-order valence-corrected chi connectivity index (χ0v) is 10.2. The van der Waals surface area contributed by atoms with Gasteiger partial charge in [-0.2, -0.15) is 0 Å². The molecular weight excluding hydrogens is 202 g/mol. The molecule has 0 bridgehead atoms. The summed E-state index contributed by atoms with van der Waals surface area (Å²) in [5.41, 5.74) is 1.06. The van der Waals surface area contributed by atoms with Crippen LogP contribution < -0.4 is 5.32 Å². The van der Waals surface area contributed by atoms with Gasteiger partial charge < -0.3 is 5.32 Å². The molecule has 1 aromatic heterocycles. The summed E-state index contributed by atoms with van der Waals surface area (Å²) >= 11 is 0. The number of hydrogen-bond donors (Lipinski definition) is 1. The van der Waals surface area contributed by atoms with Gasteiger partial charge in [0, 0.05) is 32.4 Å². The van der Waals surface area contributed by atoms with Gasteiger partial charge in [0.05, 0.1) is 5.69 Å². The molecule has 5 heteroatoms. The van der Waals surface area contributed by atoms with Crippen molar-refractivity contribution in [2.75, 3.05) is 19.6 Å². The van der Waals surface area contributed by atoms with Crippen molar-refractivity contribution in [2.24, 2.45) is 7.05 Å². The molecule has 1 fully saturated rings. The molecule has 90 valence electrons. The van der Waals surface area contributed by atoms with Crippen LogP contribution in [-0.2, 0) is 13.6 Å². The van der Waals surface area contributed by atoms with E-state index in [1.165, 1.54) is 19.4 Å². The van der Waals surface area contributed by atoms with Gasteiger partial charge in [-0.15, -0.1) is 5.10 Å². The van der Waals surface area contributed by atoms with E-state index in [9.17, 15) is 0 Å². The molecule has 0 radical (unpaired) electrons. The van der Waals surface area contributed by atoms with Crippen LogP contribution in [0.3, 0.4) is 0 Å². The molecule has 1 aliphatic heterocycles. The number of aromatic nitrogens is 3. The fraction of sp³-hybridized carbons (Fsp3) is 0.818. The summed E-state index contributed by atoms with van der Waals surface area (Å²) in [6.45, 7) is 6.46. The number of likely N-dealkylation sites (N-methyl/N-ethyl adjacent to an activating group) is 1. The van der Waals surface area contributed by atoms with Crippen molar-refractivity contribution < 1.29 is 0 Å². The summed E-state index contributed by atoms with van der Waals surface area (Å²) < 4.78 is 1.76. The quantitative estimate of drug-likeness (QED) is 0.784. The van der Waals surface area contributed by atoms with Crippen molar-refractivity contribution in [2.45, 2.75) is 32.4 Å². The lowest BCUT2D eigenvalue weighted by Gasteiger charge is -2.22. The smallest absolute Gasteiger partial charge is 0.0967 e. The summed E-state index contributed by atoms with van der Waals surface area (Å²) in [6, 6.07) is 0.664. The lowest BCUT2D eigenvalue weighted by molar-refractivity contribution is 0.250. The van der Waals surface area contributed by atoms with Gasteiger partial charge in [0.2, 0.25) is 0 Å². The highest BCUT2D eigenvalue weighted by molar-refractivity contribution is 4.92. The predicted octanol–water partition coefficient (Wildman–Crippen LogP) is 0.389. The standard InChI is InChI=1S/C11H21N5/c1-3-16(8-10-5-4-6-12-10)9-11-7-15(2)14-13-11/h7,10,12H,3-6,8-9H2,1-2H3. The molecule has 16 heavy (non-hydrogen) atoms. The molecule has 0 aliphatic carbocycles. The molecule has 2 rings (SSSR count). The molecule has 0 saturated carbocycles. The zero-order valence-electron chi connectivity index (χ0n) is 10.2. The molecule has 1 atom stereocenters. The van der Waals surface area contributed by atoms with E-state index in [-0.39, 0.29) is 0 Å². The molecule has 1 unspecified atom stereocenters. The Morgan fingerprint density at radius 2 is 2.50 bits per heavy atom. The minimum atomic E-state index is 0.664. The van der Waals surface area contributed by atoms with Crippen LogP contribution >= 0.6 is 0 Å². The lowest BCUT2D eigenvalue weighted by Crippen LogP contribution is -2.37. The van der Waals surface area contributed by atoms with Crippen LogP contribution in [0.1, 0.15) is 25.5 Å². The van der Waals surface area contributed by atoms with Crippen molar-refractivity contribution in [3.05, 3.63) is 11.9 Å². The molecule has 0 aromatic carbocycles. The van der Waals surface area contributed by atoms with Gasteiger partial charge in [-0.05, 0) is 25.9 Å². The summed E-state index contributed by atoms with van der Waals surface area (Å²) in [6.07, 6.45) is 4.61. The predicted molar refractivity (Wildman–Crippen MR) is 63.0 cm³/mol. The number of hydrogen-bond acceptors (Lipinski definition) is 4. The van der Waals surface area contributed by atoms with Crippen LogP contribution in [0, 0.1) is 0 Å². The van der Waals surface area contributed by atoms with Gasteiger partial charge in [-0.25, -0.2) is 0 Å². The Labute approximate surface area is 96.8 Å². The van der Waals surface area contributed by atoms with E-state index in [1.807, 2.05) is 13.2 Å². The van der Waals surface area contributed by atoms with Crippen molar-refractivity contribution >= 4 is 0 Å². The molecule has 2 heterocycles. The van der Waals surface area contributed by atoms with Crippen LogP contribution in [0.2, 0.25) is 0 Å². The highest BCUT2D eigenvalue weighted by Gasteiger charge is 2.17. The van der Waals surface area contributed by atoms with Crippen LogP contribution in [0.4, 0.5) is 0 Å². The number of aryl methyl sites for hydroxylation is 1. The van der Waals surface area contributed by atoms with E-state index >= 15 is 0 Å². The van der Waals surface area contributed by atoms with Gasteiger partial charge in [0.25, 0.3) is 0 Å². The topological polar surface area (TPSA) is 46.0 Å².